The molecule has 8 nitrogen and oxygen atoms in total. The number of piperidine rings is 2. The molecule has 8 heteroatoms. The lowest BCUT2D eigenvalue weighted by molar-refractivity contribution is 0.183. The number of fused-ring (bicyclic) bond motifs is 1. The fraction of sp³-hybridized carbons (Fsp3) is 0.429. The van der Waals surface area contributed by atoms with Crippen molar-refractivity contribution in [1.82, 2.24) is 20.0 Å². The van der Waals surface area contributed by atoms with Crippen LogP contribution in [0.1, 0.15) is 37.7 Å². The summed E-state index contributed by atoms with van der Waals surface area (Å²) in [6.45, 7) is 7.23. The third-order valence-corrected chi connectivity index (χ3v) is 8.73. The Balaban J connectivity index is 1.04. The van der Waals surface area contributed by atoms with Crippen molar-refractivity contribution in [2.24, 2.45) is 0 Å². The first-order valence-corrected chi connectivity index (χ1v) is 15.6. The van der Waals surface area contributed by atoms with Gasteiger partial charge in [0.15, 0.2) is 5.82 Å². The molecule has 3 heterocycles. The summed E-state index contributed by atoms with van der Waals surface area (Å²) < 4.78 is 16.9. The van der Waals surface area contributed by atoms with Gasteiger partial charge in [-0.05, 0) is 98.9 Å². The van der Waals surface area contributed by atoms with Gasteiger partial charge in [-0.3, -0.25) is 9.80 Å². The van der Waals surface area contributed by atoms with E-state index in [2.05, 4.69) is 61.7 Å². The van der Waals surface area contributed by atoms with Gasteiger partial charge in [0, 0.05) is 48.6 Å². The van der Waals surface area contributed by atoms with Crippen molar-refractivity contribution in [3.8, 4) is 28.5 Å². The van der Waals surface area contributed by atoms with Gasteiger partial charge in [-0.2, -0.15) is 0 Å². The molecule has 0 spiro atoms. The average Bonchev–Trinajstić information content (AvgIpc) is 3.07. The summed E-state index contributed by atoms with van der Waals surface area (Å²) in [6.07, 6.45) is 6.10. The molecule has 2 saturated heterocycles. The molecule has 0 atom stereocenters. The Morgan fingerprint density at radius 3 is 2.14 bits per heavy atom. The zero-order valence-corrected chi connectivity index (χ0v) is 25.4. The van der Waals surface area contributed by atoms with Gasteiger partial charge in [-0.1, -0.05) is 18.6 Å². The molecule has 1 aromatic heterocycles. The van der Waals surface area contributed by atoms with Crippen LogP contribution in [-0.4, -0.2) is 79.6 Å². The molecule has 226 valence electrons. The van der Waals surface area contributed by atoms with Gasteiger partial charge in [0.05, 0.1) is 14.2 Å². The topological polar surface area (TPSA) is 72.0 Å². The van der Waals surface area contributed by atoms with Crippen molar-refractivity contribution in [2.45, 2.75) is 44.7 Å². The molecule has 0 amide bonds. The Hall–Kier alpha value is -3.88. The molecule has 2 fully saturated rings. The van der Waals surface area contributed by atoms with E-state index in [9.17, 15) is 0 Å². The van der Waals surface area contributed by atoms with Crippen LogP contribution in [-0.2, 0) is 6.54 Å². The molecule has 0 unspecified atom stereocenters. The molecule has 0 saturated carbocycles. The number of nitrogens with one attached hydrogen (secondary N) is 1. The maximum absolute atomic E-state index is 6.02. The molecule has 0 aliphatic carbocycles. The lowest BCUT2D eigenvalue weighted by atomic mass is 10.0. The SMILES string of the molecule is COc1ccc(-c2nnc(NC3CCN(Cc4ccc(OCCN5CCCCC5)cc4)CC3)c3cc(OC)ccc23)cc1. The smallest absolute Gasteiger partial charge is 0.156 e. The van der Waals surface area contributed by atoms with Crippen LogP contribution < -0.4 is 19.5 Å². The first kappa shape index (κ1) is 29.2. The summed E-state index contributed by atoms with van der Waals surface area (Å²) >= 11 is 0. The number of benzene rings is 3. The third-order valence-electron chi connectivity index (χ3n) is 8.73. The van der Waals surface area contributed by atoms with Crippen molar-refractivity contribution in [3.05, 3.63) is 72.3 Å². The van der Waals surface area contributed by atoms with Gasteiger partial charge >= 0.3 is 0 Å². The van der Waals surface area contributed by atoms with Crippen molar-refractivity contribution in [3.63, 3.8) is 0 Å². The normalized spacial score (nSPS) is 16.7. The molecular weight excluding hydrogens is 538 g/mol. The van der Waals surface area contributed by atoms with E-state index in [1.165, 1.54) is 37.9 Å². The predicted molar refractivity (Wildman–Crippen MR) is 172 cm³/mol. The quantitative estimate of drug-likeness (QED) is 0.223. The number of hydrogen-bond donors (Lipinski definition) is 1. The lowest BCUT2D eigenvalue weighted by Crippen LogP contribution is -2.38. The van der Waals surface area contributed by atoms with Crippen LogP contribution >= 0.6 is 0 Å². The minimum atomic E-state index is 0.336. The second-order valence-electron chi connectivity index (χ2n) is 11.6. The maximum atomic E-state index is 6.02. The van der Waals surface area contributed by atoms with Crippen LogP contribution in [0.25, 0.3) is 22.0 Å². The lowest BCUT2D eigenvalue weighted by Gasteiger charge is -2.32. The van der Waals surface area contributed by atoms with Crippen LogP contribution in [0.4, 0.5) is 5.82 Å². The number of likely N-dealkylation sites (tertiary alicyclic amines) is 2. The minimum absolute atomic E-state index is 0.336. The third kappa shape index (κ3) is 7.37. The van der Waals surface area contributed by atoms with E-state index in [0.29, 0.717) is 6.04 Å². The average molecular weight is 582 g/mol. The molecule has 43 heavy (non-hydrogen) atoms. The Morgan fingerprint density at radius 1 is 0.721 bits per heavy atom. The molecule has 6 rings (SSSR count). The van der Waals surface area contributed by atoms with E-state index < -0.39 is 0 Å². The molecular formula is C35H43N5O3. The van der Waals surface area contributed by atoms with Crippen LogP contribution in [0.5, 0.6) is 17.2 Å². The second-order valence-corrected chi connectivity index (χ2v) is 11.6. The van der Waals surface area contributed by atoms with Gasteiger partial charge in [0.1, 0.15) is 29.5 Å². The number of hydrogen-bond acceptors (Lipinski definition) is 8. The van der Waals surface area contributed by atoms with Gasteiger partial charge in [0.25, 0.3) is 0 Å². The van der Waals surface area contributed by atoms with Crippen LogP contribution in [0, 0.1) is 0 Å². The highest BCUT2D eigenvalue weighted by molar-refractivity contribution is 6.00. The van der Waals surface area contributed by atoms with Gasteiger partial charge < -0.3 is 19.5 Å². The van der Waals surface area contributed by atoms with E-state index in [1.54, 1.807) is 14.2 Å². The molecule has 3 aromatic carbocycles. The van der Waals surface area contributed by atoms with Gasteiger partial charge in [0.2, 0.25) is 0 Å². The van der Waals surface area contributed by atoms with E-state index in [1.807, 2.05) is 30.3 Å². The fourth-order valence-electron chi connectivity index (χ4n) is 6.18. The number of rotatable bonds is 11. The Morgan fingerprint density at radius 2 is 1.42 bits per heavy atom. The highest BCUT2D eigenvalue weighted by atomic mass is 16.5. The van der Waals surface area contributed by atoms with Crippen molar-refractivity contribution >= 4 is 16.6 Å². The predicted octanol–water partition coefficient (Wildman–Crippen LogP) is 6.26. The van der Waals surface area contributed by atoms with Gasteiger partial charge in [-0.15, -0.1) is 10.2 Å². The standard InChI is InChI=1S/C35H43N5O3/c1-41-29-12-8-27(9-13-29)34-32-15-14-31(42-2)24-33(32)35(38-37-34)36-28-16-20-40(21-17-28)25-26-6-10-30(11-7-26)43-23-22-39-18-4-3-5-19-39/h6-15,24,28H,3-5,16-23,25H2,1-2H3,(H,36,38). The first-order valence-electron chi connectivity index (χ1n) is 15.6. The molecule has 1 N–H and O–H groups in total. The van der Waals surface area contributed by atoms with Crippen LogP contribution in [0.2, 0.25) is 0 Å². The minimum Gasteiger partial charge on any atom is -0.497 e. The largest absolute Gasteiger partial charge is 0.497 e. The summed E-state index contributed by atoms with van der Waals surface area (Å²) in [6, 6.07) is 23.0. The number of nitrogens with zero attached hydrogens (tertiary/aromatic N) is 4. The van der Waals surface area contributed by atoms with E-state index >= 15 is 0 Å². The summed E-state index contributed by atoms with van der Waals surface area (Å²) in [7, 11) is 3.37. The molecule has 4 aromatic rings. The summed E-state index contributed by atoms with van der Waals surface area (Å²) in [5.41, 5.74) is 3.17. The van der Waals surface area contributed by atoms with E-state index in [4.69, 9.17) is 14.2 Å². The Bertz CT molecular complexity index is 1460. The summed E-state index contributed by atoms with van der Waals surface area (Å²) in [5.74, 6) is 3.39. The number of anilines is 1. The fourth-order valence-corrected chi connectivity index (χ4v) is 6.18. The number of methoxy groups -OCH3 is 2. The number of ether oxygens (including phenoxy) is 3. The first-order chi connectivity index (χ1) is 21.2. The van der Waals surface area contributed by atoms with E-state index in [-0.39, 0.29) is 0 Å². The second kappa shape index (κ2) is 14.1. The Kier molecular flexibility index (Phi) is 9.55. The van der Waals surface area contributed by atoms with Crippen molar-refractivity contribution < 1.29 is 14.2 Å². The van der Waals surface area contributed by atoms with E-state index in [0.717, 1.165) is 90.7 Å². The summed E-state index contributed by atoms with van der Waals surface area (Å²) in [5, 5.41) is 15.1. The van der Waals surface area contributed by atoms with Gasteiger partial charge in [-0.25, -0.2) is 0 Å². The zero-order chi connectivity index (χ0) is 29.4. The molecule has 0 bridgehead atoms. The molecule has 0 radical (unpaired) electrons. The van der Waals surface area contributed by atoms with Crippen molar-refractivity contribution in [1.29, 1.82) is 0 Å². The molecule has 2 aliphatic rings. The summed E-state index contributed by atoms with van der Waals surface area (Å²) in [4.78, 5) is 5.05. The highest BCUT2D eigenvalue weighted by Gasteiger charge is 2.21. The monoisotopic (exact) mass is 581 g/mol. The van der Waals surface area contributed by atoms with Crippen molar-refractivity contribution in [2.75, 3.05) is 58.9 Å². The highest BCUT2D eigenvalue weighted by Crippen LogP contribution is 2.34. The zero-order valence-electron chi connectivity index (χ0n) is 25.4. The van der Waals surface area contributed by atoms with Crippen LogP contribution in [0.3, 0.4) is 0 Å². The maximum Gasteiger partial charge on any atom is 0.156 e. The molecule has 2 aliphatic heterocycles. The van der Waals surface area contributed by atoms with Crippen LogP contribution in [0.15, 0.2) is 66.7 Å². The Labute approximate surface area is 255 Å². The number of aromatic nitrogens is 2.